The van der Waals surface area contributed by atoms with E-state index in [1.165, 1.54) is 13.0 Å². The Kier molecular flexibility index (Phi) is 3.17. The van der Waals surface area contributed by atoms with E-state index < -0.39 is 11.9 Å². The van der Waals surface area contributed by atoms with Crippen LogP contribution < -0.4 is 0 Å². The number of hydrogen-bond donors (Lipinski definition) is 1. The molecule has 4 nitrogen and oxygen atoms in total. The van der Waals surface area contributed by atoms with E-state index >= 15 is 0 Å². The summed E-state index contributed by atoms with van der Waals surface area (Å²) >= 11 is 0. The molecule has 0 spiro atoms. The van der Waals surface area contributed by atoms with Gasteiger partial charge in [0.25, 0.3) is 0 Å². The van der Waals surface area contributed by atoms with Crippen LogP contribution in [0, 0.1) is 0 Å². The molecule has 0 aromatic rings. The highest BCUT2D eigenvalue weighted by atomic mass is 16.5. The minimum absolute atomic E-state index is 0.345. The van der Waals surface area contributed by atoms with Crippen LogP contribution in [0.1, 0.15) is 6.92 Å². The van der Waals surface area contributed by atoms with Crippen LogP contribution in [0.25, 0.3) is 0 Å². The number of rotatable bonds is 2. The average molecular weight is 144 g/mol. The van der Waals surface area contributed by atoms with Crippen molar-refractivity contribution < 1.29 is 19.4 Å². The van der Waals surface area contributed by atoms with Gasteiger partial charge in [-0.25, -0.2) is 9.59 Å². The number of esters is 1. The van der Waals surface area contributed by atoms with Gasteiger partial charge < -0.3 is 9.84 Å². The lowest BCUT2D eigenvalue weighted by Gasteiger charge is -1.96. The van der Waals surface area contributed by atoms with Crippen molar-refractivity contribution in [3.05, 3.63) is 11.6 Å². The van der Waals surface area contributed by atoms with Crippen LogP contribution in [-0.2, 0) is 14.3 Å². The molecule has 0 saturated carbocycles. The second-order valence-electron chi connectivity index (χ2n) is 1.50. The maximum atomic E-state index is 10.5. The van der Waals surface area contributed by atoms with Gasteiger partial charge in [-0.2, -0.15) is 0 Å². The van der Waals surface area contributed by atoms with E-state index in [0.29, 0.717) is 0 Å². The van der Waals surface area contributed by atoms with Gasteiger partial charge in [-0.3, -0.25) is 0 Å². The first kappa shape index (κ1) is 8.68. The summed E-state index contributed by atoms with van der Waals surface area (Å²) in [5.74, 6) is -2.09. The average Bonchev–Trinajstić information content (AvgIpc) is 1.88. The molecule has 0 aliphatic heterocycles. The molecule has 10 heavy (non-hydrogen) atoms. The number of carbonyl (C=O) groups excluding carboxylic acids is 1. The van der Waals surface area contributed by atoms with Gasteiger partial charge in [0.1, 0.15) is 5.57 Å². The molecule has 0 aromatic carbocycles. The van der Waals surface area contributed by atoms with Gasteiger partial charge >= 0.3 is 11.9 Å². The SMILES string of the molecule is C/C=C(\C(=O)O)C(=O)OC. The predicted molar refractivity (Wildman–Crippen MR) is 33.4 cm³/mol. The summed E-state index contributed by atoms with van der Waals surface area (Å²) in [4.78, 5) is 20.7. The van der Waals surface area contributed by atoms with Crippen molar-refractivity contribution in [2.24, 2.45) is 0 Å². The third-order valence-electron chi connectivity index (χ3n) is 0.924. The molecule has 56 valence electrons. The molecular formula is C6H8O4. The third kappa shape index (κ3) is 1.89. The molecule has 0 amide bonds. The van der Waals surface area contributed by atoms with Crippen LogP contribution in [0.4, 0.5) is 0 Å². The summed E-state index contributed by atoms with van der Waals surface area (Å²) in [6.45, 7) is 1.46. The van der Waals surface area contributed by atoms with Gasteiger partial charge in [0.2, 0.25) is 0 Å². The zero-order valence-corrected chi connectivity index (χ0v) is 5.75. The highest BCUT2D eigenvalue weighted by Gasteiger charge is 2.15. The smallest absolute Gasteiger partial charge is 0.344 e. The Hall–Kier alpha value is -1.32. The Labute approximate surface area is 58.1 Å². The van der Waals surface area contributed by atoms with Crippen LogP contribution in [0.5, 0.6) is 0 Å². The third-order valence-corrected chi connectivity index (χ3v) is 0.924. The molecule has 4 heteroatoms. The number of carbonyl (C=O) groups is 2. The van der Waals surface area contributed by atoms with Crippen molar-refractivity contribution in [1.29, 1.82) is 0 Å². The Balaban J connectivity index is 4.39. The first-order chi connectivity index (χ1) is 4.63. The van der Waals surface area contributed by atoms with Gasteiger partial charge in [-0.1, -0.05) is 6.08 Å². The molecule has 0 aliphatic carbocycles. The lowest BCUT2D eigenvalue weighted by molar-refractivity contribution is -0.142. The maximum absolute atomic E-state index is 10.5. The van der Waals surface area contributed by atoms with Crippen LogP contribution in [0.15, 0.2) is 11.6 Å². The standard InChI is InChI=1S/C6H8O4/c1-3-4(5(7)8)6(9)10-2/h3H,1-2H3,(H,7,8)/b4-3+. The highest BCUT2D eigenvalue weighted by molar-refractivity contribution is 6.13. The number of hydrogen-bond acceptors (Lipinski definition) is 3. The molecule has 0 bridgehead atoms. The summed E-state index contributed by atoms with van der Waals surface area (Å²) in [6.07, 6.45) is 1.19. The molecule has 1 N–H and O–H groups in total. The highest BCUT2D eigenvalue weighted by Crippen LogP contribution is 1.95. The summed E-state index contributed by atoms with van der Waals surface area (Å²) in [5.41, 5.74) is -0.345. The Morgan fingerprint density at radius 2 is 2.00 bits per heavy atom. The van der Waals surface area contributed by atoms with E-state index in [0.717, 1.165) is 7.11 Å². The number of allylic oxidation sites excluding steroid dienone is 1. The van der Waals surface area contributed by atoms with E-state index in [9.17, 15) is 9.59 Å². The number of methoxy groups -OCH3 is 1. The van der Waals surface area contributed by atoms with Crippen molar-refractivity contribution in [3.63, 3.8) is 0 Å². The summed E-state index contributed by atoms with van der Waals surface area (Å²) < 4.78 is 4.18. The van der Waals surface area contributed by atoms with E-state index in [-0.39, 0.29) is 5.57 Å². The van der Waals surface area contributed by atoms with E-state index in [4.69, 9.17) is 5.11 Å². The number of carboxylic acids is 1. The van der Waals surface area contributed by atoms with Gasteiger partial charge in [-0.05, 0) is 6.92 Å². The van der Waals surface area contributed by atoms with Gasteiger partial charge in [-0.15, -0.1) is 0 Å². The fraction of sp³-hybridized carbons (Fsp3) is 0.333. The molecule has 0 saturated heterocycles. The number of ether oxygens (including phenoxy) is 1. The minimum Gasteiger partial charge on any atom is -0.477 e. The summed E-state index contributed by atoms with van der Waals surface area (Å²) in [7, 11) is 1.13. The van der Waals surface area contributed by atoms with Gasteiger partial charge in [0.15, 0.2) is 0 Å². The summed E-state index contributed by atoms with van der Waals surface area (Å²) in [5, 5.41) is 8.31. The Bertz CT molecular complexity index is 180. The molecule has 0 fully saturated rings. The molecule has 0 aromatic heterocycles. The summed E-state index contributed by atoms with van der Waals surface area (Å²) in [6, 6.07) is 0. The second-order valence-corrected chi connectivity index (χ2v) is 1.50. The lowest BCUT2D eigenvalue weighted by Crippen LogP contribution is -2.13. The quantitative estimate of drug-likeness (QED) is 0.260. The largest absolute Gasteiger partial charge is 0.477 e. The molecule has 0 radical (unpaired) electrons. The maximum Gasteiger partial charge on any atom is 0.344 e. The van der Waals surface area contributed by atoms with Gasteiger partial charge in [0, 0.05) is 0 Å². The van der Waals surface area contributed by atoms with Crippen LogP contribution in [-0.4, -0.2) is 24.2 Å². The van der Waals surface area contributed by atoms with Crippen molar-refractivity contribution in [3.8, 4) is 0 Å². The van der Waals surface area contributed by atoms with Crippen molar-refractivity contribution >= 4 is 11.9 Å². The normalized spacial score (nSPS) is 10.8. The van der Waals surface area contributed by atoms with Crippen molar-refractivity contribution in [1.82, 2.24) is 0 Å². The number of carboxylic acid groups (broad SMARTS) is 1. The molecule has 0 atom stereocenters. The Morgan fingerprint density at radius 3 is 2.10 bits per heavy atom. The monoisotopic (exact) mass is 144 g/mol. The van der Waals surface area contributed by atoms with Crippen molar-refractivity contribution in [2.45, 2.75) is 6.92 Å². The van der Waals surface area contributed by atoms with Crippen LogP contribution in [0.2, 0.25) is 0 Å². The topological polar surface area (TPSA) is 63.6 Å². The predicted octanol–water partition coefficient (Wildman–Crippen LogP) is 0.190. The van der Waals surface area contributed by atoms with E-state index in [1.54, 1.807) is 0 Å². The minimum atomic E-state index is -1.27. The first-order valence-corrected chi connectivity index (χ1v) is 2.61. The van der Waals surface area contributed by atoms with E-state index in [1.807, 2.05) is 0 Å². The number of aliphatic carboxylic acids is 1. The van der Waals surface area contributed by atoms with E-state index in [2.05, 4.69) is 4.74 Å². The Morgan fingerprint density at radius 1 is 1.50 bits per heavy atom. The van der Waals surface area contributed by atoms with Crippen LogP contribution >= 0.6 is 0 Å². The molecule has 0 rings (SSSR count). The van der Waals surface area contributed by atoms with Crippen LogP contribution in [0.3, 0.4) is 0 Å². The zero-order chi connectivity index (χ0) is 8.15. The second kappa shape index (κ2) is 3.66. The first-order valence-electron chi connectivity index (χ1n) is 2.61. The fourth-order valence-corrected chi connectivity index (χ4v) is 0.439. The zero-order valence-electron chi connectivity index (χ0n) is 5.75. The van der Waals surface area contributed by atoms with Crippen molar-refractivity contribution in [2.75, 3.05) is 7.11 Å². The molecule has 0 heterocycles. The molecule has 0 aliphatic rings. The molecule has 0 unspecified atom stereocenters. The van der Waals surface area contributed by atoms with Gasteiger partial charge in [0.05, 0.1) is 7.11 Å². The lowest BCUT2D eigenvalue weighted by atomic mass is 10.3. The molecular weight excluding hydrogens is 136 g/mol. The fourth-order valence-electron chi connectivity index (χ4n) is 0.439.